The molecule has 3 heteroatoms. The number of nitrogens with two attached hydrogens (primary N) is 1. The van der Waals surface area contributed by atoms with Crippen LogP contribution in [-0.4, -0.2) is 0 Å². The molecule has 84 valence electrons. The lowest BCUT2D eigenvalue weighted by Crippen LogP contribution is -1.98. The Morgan fingerprint density at radius 2 is 1.88 bits per heavy atom. The molecule has 0 spiro atoms. The number of aryl methyl sites for hydroxylation is 1. The third-order valence-corrected chi connectivity index (χ3v) is 2.60. The summed E-state index contributed by atoms with van der Waals surface area (Å²) in [5.41, 5.74) is 10.0. The third-order valence-electron chi connectivity index (χ3n) is 2.60. The molecule has 0 radical (unpaired) electrons. The monoisotopic (exact) mass is 223 g/mol. The zero-order valence-corrected chi connectivity index (χ0v) is 9.57. The quantitative estimate of drug-likeness (QED) is 0.768. The van der Waals surface area contributed by atoms with E-state index in [0.29, 0.717) is 11.3 Å². The lowest BCUT2D eigenvalue weighted by Gasteiger charge is -2.11. The van der Waals surface area contributed by atoms with Crippen LogP contribution in [0.2, 0.25) is 0 Å². The van der Waals surface area contributed by atoms with E-state index in [1.807, 2.05) is 37.3 Å². The molecule has 2 rings (SSSR count). The Kier molecular flexibility index (Phi) is 2.97. The van der Waals surface area contributed by atoms with Crippen molar-refractivity contribution in [2.75, 3.05) is 11.1 Å². The van der Waals surface area contributed by atoms with Crippen molar-refractivity contribution in [1.29, 1.82) is 5.26 Å². The maximum Gasteiger partial charge on any atom is 0.0992 e. The molecule has 17 heavy (non-hydrogen) atoms. The maximum atomic E-state index is 8.76. The molecule has 2 aromatic carbocycles. The van der Waals surface area contributed by atoms with E-state index in [1.165, 1.54) is 0 Å². The van der Waals surface area contributed by atoms with Crippen LogP contribution in [0.3, 0.4) is 0 Å². The van der Waals surface area contributed by atoms with E-state index in [0.717, 1.165) is 16.9 Å². The summed E-state index contributed by atoms with van der Waals surface area (Å²) in [7, 11) is 0. The fourth-order valence-corrected chi connectivity index (χ4v) is 1.60. The highest BCUT2D eigenvalue weighted by Crippen LogP contribution is 2.25. The first-order valence-electron chi connectivity index (χ1n) is 5.33. The van der Waals surface area contributed by atoms with Gasteiger partial charge in [0.2, 0.25) is 0 Å². The van der Waals surface area contributed by atoms with Crippen LogP contribution in [0.5, 0.6) is 0 Å². The minimum Gasteiger partial charge on any atom is -0.397 e. The summed E-state index contributed by atoms with van der Waals surface area (Å²) in [6.07, 6.45) is 0. The minimum atomic E-state index is 0.567. The molecule has 0 aliphatic rings. The number of nitrogens with zero attached hydrogens (tertiary/aromatic N) is 1. The number of para-hydroxylation sites is 1. The van der Waals surface area contributed by atoms with Gasteiger partial charge in [-0.3, -0.25) is 0 Å². The Labute approximate surface area is 101 Å². The van der Waals surface area contributed by atoms with Crippen LogP contribution in [-0.2, 0) is 0 Å². The topological polar surface area (TPSA) is 61.8 Å². The Hall–Kier alpha value is -2.47. The van der Waals surface area contributed by atoms with Crippen LogP contribution in [0.15, 0.2) is 42.5 Å². The Bertz CT molecular complexity index is 582. The molecule has 0 unspecified atom stereocenters. The Balaban J connectivity index is 2.32. The molecule has 0 atom stereocenters. The highest BCUT2D eigenvalue weighted by atomic mass is 14.9. The number of nitriles is 1. The SMILES string of the molecule is Cc1ccccc1Nc1ccc(C#N)cc1N. The molecule has 0 saturated heterocycles. The highest BCUT2D eigenvalue weighted by Gasteiger charge is 2.02. The van der Waals surface area contributed by atoms with Crippen molar-refractivity contribution in [2.45, 2.75) is 6.92 Å². The molecule has 0 amide bonds. The maximum absolute atomic E-state index is 8.76. The number of anilines is 3. The van der Waals surface area contributed by atoms with Gasteiger partial charge in [-0.25, -0.2) is 0 Å². The summed E-state index contributed by atoms with van der Waals surface area (Å²) in [5, 5.41) is 12.0. The summed E-state index contributed by atoms with van der Waals surface area (Å²) >= 11 is 0. The fraction of sp³-hybridized carbons (Fsp3) is 0.0714. The zero-order valence-electron chi connectivity index (χ0n) is 9.57. The number of nitrogens with one attached hydrogen (secondary N) is 1. The first-order valence-corrected chi connectivity index (χ1v) is 5.33. The number of nitrogen functional groups attached to an aromatic ring is 1. The molecular formula is C14H13N3. The first kappa shape index (κ1) is 11.0. The highest BCUT2D eigenvalue weighted by molar-refractivity contribution is 5.74. The van der Waals surface area contributed by atoms with Gasteiger partial charge in [-0.05, 0) is 36.8 Å². The molecule has 3 N–H and O–H groups in total. The van der Waals surface area contributed by atoms with Crippen molar-refractivity contribution in [3.63, 3.8) is 0 Å². The van der Waals surface area contributed by atoms with Gasteiger partial charge >= 0.3 is 0 Å². The minimum absolute atomic E-state index is 0.567. The second-order valence-corrected chi connectivity index (χ2v) is 3.85. The first-order chi connectivity index (χ1) is 8.20. The summed E-state index contributed by atoms with van der Waals surface area (Å²) < 4.78 is 0. The summed E-state index contributed by atoms with van der Waals surface area (Å²) in [4.78, 5) is 0. The standard InChI is InChI=1S/C14H13N3/c1-10-4-2-3-5-13(10)17-14-7-6-11(9-15)8-12(14)16/h2-8,17H,16H2,1H3. The molecular weight excluding hydrogens is 210 g/mol. The van der Waals surface area contributed by atoms with Crippen LogP contribution >= 0.6 is 0 Å². The molecule has 3 nitrogen and oxygen atoms in total. The van der Waals surface area contributed by atoms with E-state index in [1.54, 1.807) is 12.1 Å². The van der Waals surface area contributed by atoms with Crippen molar-refractivity contribution in [3.05, 3.63) is 53.6 Å². The van der Waals surface area contributed by atoms with Gasteiger partial charge in [-0.2, -0.15) is 5.26 Å². The van der Waals surface area contributed by atoms with E-state index in [4.69, 9.17) is 11.0 Å². The lowest BCUT2D eigenvalue weighted by molar-refractivity contribution is 1.42. The number of rotatable bonds is 2. The third kappa shape index (κ3) is 2.37. The Morgan fingerprint density at radius 1 is 1.12 bits per heavy atom. The van der Waals surface area contributed by atoms with Crippen LogP contribution in [0, 0.1) is 18.3 Å². The van der Waals surface area contributed by atoms with Crippen molar-refractivity contribution >= 4 is 17.1 Å². The molecule has 0 aliphatic carbocycles. The molecule has 0 aromatic heterocycles. The predicted octanol–water partition coefficient (Wildman–Crippen LogP) is 3.19. The van der Waals surface area contributed by atoms with Crippen LogP contribution in [0.4, 0.5) is 17.1 Å². The number of hydrogen-bond donors (Lipinski definition) is 2. The van der Waals surface area contributed by atoms with E-state index < -0.39 is 0 Å². The molecule has 0 fully saturated rings. The van der Waals surface area contributed by atoms with E-state index >= 15 is 0 Å². The average Bonchev–Trinajstić information content (AvgIpc) is 2.34. The molecule has 0 aliphatic heterocycles. The van der Waals surface area contributed by atoms with Gasteiger partial charge in [0, 0.05) is 5.69 Å². The van der Waals surface area contributed by atoms with Gasteiger partial charge in [0.15, 0.2) is 0 Å². The van der Waals surface area contributed by atoms with Crippen LogP contribution in [0.25, 0.3) is 0 Å². The van der Waals surface area contributed by atoms with Crippen molar-refractivity contribution in [3.8, 4) is 6.07 Å². The van der Waals surface area contributed by atoms with Crippen molar-refractivity contribution < 1.29 is 0 Å². The van der Waals surface area contributed by atoms with E-state index in [2.05, 4.69) is 11.4 Å². The molecule has 2 aromatic rings. The summed E-state index contributed by atoms with van der Waals surface area (Å²) in [5.74, 6) is 0. The Morgan fingerprint density at radius 3 is 2.53 bits per heavy atom. The van der Waals surface area contributed by atoms with Gasteiger partial charge in [0.25, 0.3) is 0 Å². The molecule has 0 saturated carbocycles. The molecule has 0 heterocycles. The van der Waals surface area contributed by atoms with Crippen LogP contribution in [0.1, 0.15) is 11.1 Å². The number of hydrogen-bond acceptors (Lipinski definition) is 3. The predicted molar refractivity (Wildman–Crippen MR) is 70.0 cm³/mol. The zero-order chi connectivity index (χ0) is 12.3. The van der Waals surface area contributed by atoms with E-state index in [-0.39, 0.29) is 0 Å². The number of benzene rings is 2. The normalized spacial score (nSPS) is 9.65. The van der Waals surface area contributed by atoms with Gasteiger partial charge in [-0.1, -0.05) is 18.2 Å². The lowest BCUT2D eigenvalue weighted by atomic mass is 10.1. The molecule has 0 bridgehead atoms. The smallest absolute Gasteiger partial charge is 0.0992 e. The van der Waals surface area contributed by atoms with Gasteiger partial charge < -0.3 is 11.1 Å². The second kappa shape index (κ2) is 4.58. The van der Waals surface area contributed by atoms with Gasteiger partial charge in [0.1, 0.15) is 0 Å². The van der Waals surface area contributed by atoms with Crippen LogP contribution < -0.4 is 11.1 Å². The van der Waals surface area contributed by atoms with Crippen molar-refractivity contribution in [1.82, 2.24) is 0 Å². The fourth-order valence-electron chi connectivity index (χ4n) is 1.60. The summed E-state index contributed by atoms with van der Waals surface area (Å²) in [6.45, 7) is 2.03. The van der Waals surface area contributed by atoms with Crippen molar-refractivity contribution in [2.24, 2.45) is 0 Å². The largest absolute Gasteiger partial charge is 0.397 e. The van der Waals surface area contributed by atoms with Gasteiger partial charge in [0.05, 0.1) is 23.0 Å². The van der Waals surface area contributed by atoms with E-state index in [9.17, 15) is 0 Å². The van der Waals surface area contributed by atoms with Gasteiger partial charge in [-0.15, -0.1) is 0 Å². The average molecular weight is 223 g/mol. The summed E-state index contributed by atoms with van der Waals surface area (Å²) in [6, 6.07) is 15.3. The second-order valence-electron chi connectivity index (χ2n) is 3.85.